The van der Waals surface area contributed by atoms with Crippen LogP contribution >= 0.6 is 0 Å². The van der Waals surface area contributed by atoms with Gasteiger partial charge < -0.3 is 18.5 Å². The molecule has 2 heterocycles. The molecule has 0 N–H and O–H groups in total. The van der Waals surface area contributed by atoms with E-state index in [4.69, 9.17) is 13.9 Å². The molecule has 3 rings (SSSR count). The van der Waals surface area contributed by atoms with Crippen molar-refractivity contribution in [1.82, 2.24) is 4.57 Å². The summed E-state index contributed by atoms with van der Waals surface area (Å²) >= 11 is 0. The number of methoxy groups -OCH3 is 1. The van der Waals surface area contributed by atoms with Crippen molar-refractivity contribution in [1.29, 1.82) is 0 Å². The van der Waals surface area contributed by atoms with Gasteiger partial charge in [-0.15, -0.1) is 0 Å². The molecule has 0 saturated heterocycles. The van der Waals surface area contributed by atoms with Gasteiger partial charge >= 0.3 is 5.63 Å². The minimum Gasteiger partial charge on any atom is -0.485 e. The number of ketones is 1. The van der Waals surface area contributed by atoms with Crippen molar-refractivity contribution in [3.63, 3.8) is 0 Å². The fourth-order valence-electron chi connectivity index (χ4n) is 3.23. The molecule has 3 aromatic rings. The van der Waals surface area contributed by atoms with E-state index in [0.29, 0.717) is 30.0 Å². The predicted octanol–water partition coefficient (Wildman–Crippen LogP) is 3.43. The number of fused-ring (bicyclic) bond motifs is 1. The van der Waals surface area contributed by atoms with Crippen LogP contribution in [0.3, 0.4) is 0 Å². The normalized spacial score (nSPS) is 11.1. The van der Waals surface area contributed by atoms with E-state index in [-0.39, 0.29) is 12.4 Å². The number of Topliss-reactive ketones (excluding diaryl/α,β-unsaturated/α-hetero) is 1. The smallest absolute Gasteiger partial charge is 0.336 e. The first-order valence-electron chi connectivity index (χ1n) is 8.77. The molecule has 27 heavy (non-hydrogen) atoms. The molecule has 6 heteroatoms. The van der Waals surface area contributed by atoms with Gasteiger partial charge in [0.05, 0.1) is 6.61 Å². The first-order chi connectivity index (χ1) is 12.9. The summed E-state index contributed by atoms with van der Waals surface area (Å²) in [4.78, 5) is 24.1. The molecule has 0 spiro atoms. The molecule has 2 aromatic heterocycles. The molecular weight excluding hydrogens is 346 g/mol. The molecular formula is C21H23NO5. The maximum absolute atomic E-state index is 12.6. The van der Waals surface area contributed by atoms with E-state index < -0.39 is 5.63 Å². The Labute approximate surface area is 157 Å². The standard InChI is InChI=1S/C21H23NO5/c1-13-9-21(24)27-20-11-16(5-6-17(13)20)26-12-19(23)18-10-14(2)22(15(18)3)7-8-25-4/h5-6,9-11H,7-8,12H2,1-4H3. The molecule has 6 nitrogen and oxygen atoms in total. The SMILES string of the molecule is COCCn1c(C)cc(C(=O)COc2ccc3c(C)cc(=O)oc3c2)c1C. The van der Waals surface area contributed by atoms with E-state index in [1.165, 1.54) is 6.07 Å². The van der Waals surface area contributed by atoms with Crippen LogP contribution < -0.4 is 10.4 Å². The minimum atomic E-state index is -0.406. The lowest BCUT2D eigenvalue weighted by Gasteiger charge is -2.09. The highest BCUT2D eigenvalue weighted by atomic mass is 16.5. The number of ether oxygens (including phenoxy) is 2. The Morgan fingerprint density at radius 1 is 1.15 bits per heavy atom. The third kappa shape index (κ3) is 3.95. The van der Waals surface area contributed by atoms with Crippen molar-refractivity contribution < 1.29 is 18.7 Å². The van der Waals surface area contributed by atoms with Gasteiger partial charge in [0, 0.05) is 48.1 Å². The highest BCUT2D eigenvalue weighted by molar-refractivity contribution is 5.98. The number of hydrogen-bond donors (Lipinski definition) is 0. The number of hydrogen-bond acceptors (Lipinski definition) is 5. The molecule has 142 valence electrons. The maximum Gasteiger partial charge on any atom is 0.336 e. The Balaban J connectivity index is 1.76. The summed E-state index contributed by atoms with van der Waals surface area (Å²) in [5, 5.41) is 0.843. The van der Waals surface area contributed by atoms with Gasteiger partial charge in [-0.1, -0.05) is 0 Å². The Morgan fingerprint density at radius 2 is 1.93 bits per heavy atom. The van der Waals surface area contributed by atoms with Gasteiger partial charge in [-0.2, -0.15) is 0 Å². The average Bonchev–Trinajstić information content (AvgIpc) is 2.91. The molecule has 0 aliphatic rings. The lowest BCUT2D eigenvalue weighted by Crippen LogP contribution is -2.13. The van der Waals surface area contributed by atoms with E-state index in [9.17, 15) is 9.59 Å². The third-order valence-electron chi connectivity index (χ3n) is 4.69. The van der Waals surface area contributed by atoms with Crippen LogP contribution in [0.4, 0.5) is 0 Å². The summed E-state index contributed by atoms with van der Waals surface area (Å²) in [6, 6.07) is 8.55. The van der Waals surface area contributed by atoms with Gasteiger partial charge in [-0.3, -0.25) is 4.79 Å². The molecule has 1 aromatic carbocycles. The van der Waals surface area contributed by atoms with E-state index in [1.54, 1.807) is 19.2 Å². The molecule has 0 aliphatic heterocycles. The summed E-state index contributed by atoms with van der Waals surface area (Å²) in [7, 11) is 1.65. The average molecular weight is 369 g/mol. The maximum atomic E-state index is 12.6. The Morgan fingerprint density at radius 3 is 2.67 bits per heavy atom. The molecule has 0 saturated carbocycles. The monoisotopic (exact) mass is 369 g/mol. The van der Waals surface area contributed by atoms with Crippen LogP contribution in [-0.2, 0) is 11.3 Å². The second-order valence-corrected chi connectivity index (χ2v) is 6.55. The van der Waals surface area contributed by atoms with Crippen molar-refractivity contribution in [2.24, 2.45) is 0 Å². The zero-order valence-electron chi connectivity index (χ0n) is 16.0. The van der Waals surface area contributed by atoms with Gasteiger partial charge in [0.2, 0.25) is 5.78 Å². The quantitative estimate of drug-likeness (QED) is 0.471. The zero-order valence-corrected chi connectivity index (χ0v) is 16.0. The fraction of sp³-hybridized carbons (Fsp3) is 0.333. The van der Waals surface area contributed by atoms with E-state index in [2.05, 4.69) is 4.57 Å². The van der Waals surface area contributed by atoms with Gasteiger partial charge in [0.15, 0.2) is 6.61 Å². The van der Waals surface area contributed by atoms with E-state index >= 15 is 0 Å². The Bertz CT molecular complexity index is 1040. The number of carbonyl (C=O) groups is 1. The molecule has 0 radical (unpaired) electrons. The molecule has 0 unspecified atom stereocenters. The van der Waals surface area contributed by atoms with Crippen LogP contribution in [0.5, 0.6) is 5.75 Å². The molecule has 0 fully saturated rings. The van der Waals surface area contributed by atoms with Gasteiger partial charge in [0.25, 0.3) is 0 Å². The number of aryl methyl sites for hydroxylation is 2. The number of nitrogens with zero attached hydrogens (tertiary/aromatic N) is 1. The lowest BCUT2D eigenvalue weighted by atomic mass is 10.1. The summed E-state index contributed by atoms with van der Waals surface area (Å²) in [6.45, 7) is 6.93. The van der Waals surface area contributed by atoms with Crippen molar-refractivity contribution in [2.45, 2.75) is 27.3 Å². The number of carbonyl (C=O) groups excluding carboxylic acids is 1. The molecule has 0 amide bonds. The summed E-state index contributed by atoms with van der Waals surface area (Å²) in [5.41, 5.74) is 3.44. The fourth-order valence-corrected chi connectivity index (χ4v) is 3.23. The molecule has 0 bridgehead atoms. The van der Waals surface area contributed by atoms with Crippen molar-refractivity contribution in [3.05, 3.63) is 63.3 Å². The summed E-state index contributed by atoms with van der Waals surface area (Å²) < 4.78 is 18.0. The number of aromatic nitrogens is 1. The third-order valence-corrected chi connectivity index (χ3v) is 4.69. The zero-order chi connectivity index (χ0) is 19.6. The van der Waals surface area contributed by atoms with Gasteiger partial charge in [-0.25, -0.2) is 4.79 Å². The predicted molar refractivity (Wildman–Crippen MR) is 103 cm³/mol. The first-order valence-corrected chi connectivity index (χ1v) is 8.77. The van der Waals surface area contributed by atoms with Crippen molar-refractivity contribution in [2.75, 3.05) is 20.3 Å². The second-order valence-electron chi connectivity index (χ2n) is 6.55. The lowest BCUT2D eigenvalue weighted by molar-refractivity contribution is 0.0920. The largest absolute Gasteiger partial charge is 0.485 e. The molecule has 0 atom stereocenters. The van der Waals surface area contributed by atoms with Crippen LogP contribution in [0, 0.1) is 20.8 Å². The number of rotatable bonds is 7. The van der Waals surface area contributed by atoms with E-state index in [0.717, 1.165) is 22.3 Å². The van der Waals surface area contributed by atoms with Crippen LogP contribution in [0.2, 0.25) is 0 Å². The Hall–Kier alpha value is -2.86. The van der Waals surface area contributed by atoms with Crippen LogP contribution in [0.15, 0.2) is 39.5 Å². The van der Waals surface area contributed by atoms with Crippen LogP contribution in [0.25, 0.3) is 11.0 Å². The minimum absolute atomic E-state index is 0.0872. The van der Waals surface area contributed by atoms with Gasteiger partial charge in [0.1, 0.15) is 11.3 Å². The second kappa shape index (κ2) is 7.80. The van der Waals surface area contributed by atoms with Crippen molar-refractivity contribution >= 4 is 16.8 Å². The van der Waals surface area contributed by atoms with Gasteiger partial charge in [-0.05, 0) is 44.5 Å². The topological polar surface area (TPSA) is 70.7 Å². The van der Waals surface area contributed by atoms with E-state index in [1.807, 2.05) is 32.9 Å². The highest BCUT2D eigenvalue weighted by Gasteiger charge is 2.16. The van der Waals surface area contributed by atoms with Crippen LogP contribution in [0.1, 0.15) is 27.3 Å². The first kappa shape index (κ1) is 18.9. The van der Waals surface area contributed by atoms with Crippen LogP contribution in [-0.4, -0.2) is 30.7 Å². The van der Waals surface area contributed by atoms with Crippen molar-refractivity contribution in [3.8, 4) is 5.75 Å². The summed E-state index contributed by atoms with van der Waals surface area (Å²) in [6.07, 6.45) is 0. The summed E-state index contributed by atoms with van der Waals surface area (Å²) in [5.74, 6) is 0.385. The molecule has 0 aliphatic carbocycles. The number of benzene rings is 1. The highest BCUT2D eigenvalue weighted by Crippen LogP contribution is 2.23. The Kier molecular flexibility index (Phi) is 5.46.